The minimum Gasteiger partial charge on any atom is -0.320 e. The van der Waals surface area contributed by atoms with Crippen molar-refractivity contribution in [3.63, 3.8) is 0 Å². The van der Waals surface area contributed by atoms with Gasteiger partial charge in [0.05, 0.1) is 0 Å². The van der Waals surface area contributed by atoms with Crippen molar-refractivity contribution >= 4 is 0 Å². The fourth-order valence-corrected chi connectivity index (χ4v) is 1.78. The highest BCUT2D eigenvalue weighted by molar-refractivity contribution is 4.75. The molecule has 0 aliphatic carbocycles. The molecule has 0 saturated carbocycles. The van der Waals surface area contributed by atoms with Crippen LogP contribution < -0.4 is 10.6 Å². The topological polar surface area (TPSA) is 27.3 Å². The summed E-state index contributed by atoms with van der Waals surface area (Å²) >= 11 is 0. The monoisotopic (exact) mass is 185 g/mol. The summed E-state index contributed by atoms with van der Waals surface area (Å²) in [5.74, 6) is 0. The first-order valence-electron chi connectivity index (χ1n) is 5.39. The number of nitrogens with zero attached hydrogens (tertiary/aromatic N) is 1. The van der Waals surface area contributed by atoms with Crippen LogP contribution in [-0.4, -0.2) is 51.2 Å². The van der Waals surface area contributed by atoms with Gasteiger partial charge in [-0.25, -0.2) is 0 Å². The van der Waals surface area contributed by atoms with Crippen molar-refractivity contribution in [1.29, 1.82) is 0 Å². The molecule has 1 aliphatic heterocycles. The summed E-state index contributed by atoms with van der Waals surface area (Å²) in [6, 6.07) is 0.771. The molecule has 0 radical (unpaired) electrons. The first-order chi connectivity index (χ1) is 6.33. The molecule has 2 N–H and O–H groups in total. The van der Waals surface area contributed by atoms with Crippen LogP contribution in [0.4, 0.5) is 0 Å². The van der Waals surface area contributed by atoms with E-state index in [-0.39, 0.29) is 0 Å². The molecule has 3 nitrogen and oxygen atoms in total. The van der Waals surface area contributed by atoms with Gasteiger partial charge in [0.1, 0.15) is 0 Å². The molecule has 0 aromatic rings. The molecule has 0 spiro atoms. The molecule has 1 rings (SSSR count). The molecule has 0 aromatic carbocycles. The molecule has 0 atom stereocenters. The number of likely N-dealkylation sites (tertiary alicyclic amines) is 1. The molecule has 1 aliphatic rings. The molecule has 0 amide bonds. The van der Waals surface area contributed by atoms with E-state index in [2.05, 4.69) is 22.6 Å². The van der Waals surface area contributed by atoms with Gasteiger partial charge in [0, 0.05) is 6.04 Å². The molecular weight excluding hydrogens is 162 g/mol. The van der Waals surface area contributed by atoms with Crippen LogP contribution in [0.1, 0.15) is 19.3 Å². The lowest BCUT2D eigenvalue weighted by Gasteiger charge is -2.29. The third kappa shape index (κ3) is 4.60. The Bertz CT molecular complexity index is 119. The summed E-state index contributed by atoms with van der Waals surface area (Å²) in [6.07, 6.45) is 3.87. The minimum absolute atomic E-state index is 0.771. The van der Waals surface area contributed by atoms with Crippen molar-refractivity contribution in [2.45, 2.75) is 25.3 Å². The van der Waals surface area contributed by atoms with E-state index in [0.29, 0.717) is 0 Å². The number of hydrogen-bond donors (Lipinski definition) is 2. The average molecular weight is 185 g/mol. The van der Waals surface area contributed by atoms with Crippen molar-refractivity contribution in [3.05, 3.63) is 0 Å². The Balaban J connectivity index is 1.96. The zero-order valence-electron chi connectivity index (χ0n) is 8.97. The molecule has 13 heavy (non-hydrogen) atoms. The van der Waals surface area contributed by atoms with Crippen LogP contribution >= 0.6 is 0 Å². The first-order valence-corrected chi connectivity index (χ1v) is 5.39. The maximum Gasteiger partial charge on any atom is 0.00914 e. The lowest BCUT2D eigenvalue weighted by atomic mass is 10.1. The smallest absolute Gasteiger partial charge is 0.00914 e. The van der Waals surface area contributed by atoms with Crippen LogP contribution in [0.15, 0.2) is 0 Å². The summed E-state index contributed by atoms with van der Waals surface area (Å²) in [4.78, 5) is 2.41. The van der Waals surface area contributed by atoms with E-state index < -0.39 is 0 Å². The van der Waals surface area contributed by atoms with Gasteiger partial charge in [-0.05, 0) is 59.5 Å². The Hall–Kier alpha value is -0.120. The number of piperidine rings is 1. The normalized spacial score (nSPS) is 20.8. The van der Waals surface area contributed by atoms with Crippen LogP contribution in [0, 0.1) is 0 Å². The second kappa shape index (κ2) is 6.35. The average Bonchev–Trinajstić information content (AvgIpc) is 2.15. The summed E-state index contributed by atoms with van der Waals surface area (Å²) in [6.45, 7) is 4.79. The third-order valence-corrected chi connectivity index (χ3v) is 2.76. The van der Waals surface area contributed by atoms with Crippen molar-refractivity contribution in [1.82, 2.24) is 15.5 Å². The minimum atomic E-state index is 0.771. The van der Waals surface area contributed by atoms with Gasteiger partial charge in [-0.3, -0.25) is 0 Å². The number of rotatable bonds is 5. The van der Waals surface area contributed by atoms with Gasteiger partial charge in [0.25, 0.3) is 0 Å². The molecule has 1 saturated heterocycles. The molecular formula is C10H23N3. The Kier molecular flexibility index (Phi) is 5.35. The summed E-state index contributed by atoms with van der Waals surface area (Å²) in [5.41, 5.74) is 0. The van der Waals surface area contributed by atoms with Crippen LogP contribution in [0.3, 0.4) is 0 Å². The van der Waals surface area contributed by atoms with E-state index in [1.54, 1.807) is 0 Å². The lowest BCUT2D eigenvalue weighted by Crippen LogP contribution is -2.41. The fourth-order valence-electron chi connectivity index (χ4n) is 1.78. The Morgan fingerprint density at radius 2 is 1.92 bits per heavy atom. The Morgan fingerprint density at radius 1 is 1.23 bits per heavy atom. The molecule has 0 aromatic heterocycles. The second-order valence-electron chi connectivity index (χ2n) is 3.99. The Labute approximate surface area is 81.9 Å². The van der Waals surface area contributed by atoms with Gasteiger partial charge in [0.2, 0.25) is 0 Å². The van der Waals surface area contributed by atoms with Crippen LogP contribution in [0.25, 0.3) is 0 Å². The molecule has 3 heteroatoms. The highest BCUT2D eigenvalue weighted by Gasteiger charge is 2.14. The molecule has 0 unspecified atom stereocenters. The lowest BCUT2D eigenvalue weighted by molar-refractivity contribution is 0.235. The fraction of sp³-hybridized carbons (Fsp3) is 1.00. The van der Waals surface area contributed by atoms with Gasteiger partial charge in [-0.2, -0.15) is 0 Å². The predicted octanol–water partition coefficient (Wildman–Crippen LogP) is 0.280. The van der Waals surface area contributed by atoms with Crippen LogP contribution in [0.2, 0.25) is 0 Å². The zero-order chi connectivity index (χ0) is 9.52. The van der Waals surface area contributed by atoms with E-state index in [4.69, 9.17) is 0 Å². The van der Waals surface area contributed by atoms with Crippen molar-refractivity contribution in [3.8, 4) is 0 Å². The first kappa shape index (κ1) is 11.0. The van der Waals surface area contributed by atoms with E-state index in [1.165, 1.54) is 32.4 Å². The SMILES string of the molecule is CNCCCNC1CCN(C)CC1. The van der Waals surface area contributed by atoms with Crippen molar-refractivity contribution < 1.29 is 0 Å². The predicted molar refractivity (Wildman–Crippen MR) is 57.1 cm³/mol. The largest absolute Gasteiger partial charge is 0.320 e. The third-order valence-electron chi connectivity index (χ3n) is 2.76. The van der Waals surface area contributed by atoms with E-state index in [1.807, 2.05) is 7.05 Å². The van der Waals surface area contributed by atoms with Gasteiger partial charge < -0.3 is 15.5 Å². The zero-order valence-corrected chi connectivity index (χ0v) is 8.97. The van der Waals surface area contributed by atoms with Gasteiger partial charge in [-0.1, -0.05) is 0 Å². The standard InChI is InChI=1S/C10H23N3/c1-11-6-3-7-12-10-4-8-13(2)9-5-10/h10-12H,3-9H2,1-2H3. The second-order valence-corrected chi connectivity index (χ2v) is 3.99. The van der Waals surface area contributed by atoms with Gasteiger partial charge in [-0.15, -0.1) is 0 Å². The van der Waals surface area contributed by atoms with E-state index in [9.17, 15) is 0 Å². The van der Waals surface area contributed by atoms with E-state index in [0.717, 1.165) is 19.1 Å². The molecule has 0 bridgehead atoms. The number of nitrogens with one attached hydrogen (secondary N) is 2. The molecule has 1 heterocycles. The maximum absolute atomic E-state index is 3.61. The van der Waals surface area contributed by atoms with E-state index >= 15 is 0 Å². The Morgan fingerprint density at radius 3 is 2.54 bits per heavy atom. The van der Waals surface area contributed by atoms with Crippen LogP contribution in [-0.2, 0) is 0 Å². The molecule has 1 fully saturated rings. The quantitative estimate of drug-likeness (QED) is 0.603. The summed E-state index contributed by atoms with van der Waals surface area (Å²) in [5, 5.41) is 6.77. The summed E-state index contributed by atoms with van der Waals surface area (Å²) < 4.78 is 0. The van der Waals surface area contributed by atoms with Crippen molar-refractivity contribution in [2.75, 3.05) is 40.3 Å². The maximum atomic E-state index is 3.61. The van der Waals surface area contributed by atoms with Gasteiger partial charge >= 0.3 is 0 Å². The van der Waals surface area contributed by atoms with Crippen molar-refractivity contribution in [2.24, 2.45) is 0 Å². The number of hydrogen-bond acceptors (Lipinski definition) is 3. The summed E-state index contributed by atoms with van der Waals surface area (Å²) in [7, 11) is 4.22. The van der Waals surface area contributed by atoms with Gasteiger partial charge in [0.15, 0.2) is 0 Å². The highest BCUT2D eigenvalue weighted by atomic mass is 15.1. The molecule has 78 valence electrons. The highest BCUT2D eigenvalue weighted by Crippen LogP contribution is 2.07. The van der Waals surface area contributed by atoms with Crippen LogP contribution in [0.5, 0.6) is 0 Å².